The number of benzene rings is 2. The highest BCUT2D eigenvalue weighted by atomic mass is 16.6. The van der Waals surface area contributed by atoms with Gasteiger partial charge in [-0.15, -0.1) is 0 Å². The van der Waals surface area contributed by atoms with Crippen LogP contribution < -0.4 is 10.5 Å². The molecule has 6 aliphatic carbocycles. The van der Waals surface area contributed by atoms with Crippen molar-refractivity contribution < 1.29 is 33.4 Å². The molecule has 4 saturated carbocycles. The smallest absolute Gasteiger partial charge is 0.312 e. The van der Waals surface area contributed by atoms with Crippen LogP contribution in [-0.2, 0) is 25.5 Å². The van der Waals surface area contributed by atoms with Gasteiger partial charge < -0.3 is 19.9 Å². The number of aryl methyl sites for hydroxylation is 1. The zero-order valence-corrected chi connectivity index (χ0v) is 36.0. The standard InChI is InChI=1S/C25H33NO3.C25H32O4.CH4/c1-23(2)12-13-25(29-22(23)28)11-9-20-19-7-4-15-14-16(21(26)27)5-6-17(15)18(19)8-10-24(20,25)3;1-23(2)11-12-25(29-22(23)27)10-8-20-18-14-21(26)19-13-15(28-4)5-6-16(19)17(18)7-9-24(20,25)3;/h5-6,14,18-20H,4,7-13H2,1-3H3,(H2,26,27);5-6,13,17-18,20H,7-12,14H2,1-4H3;1H4/t18?,19?,20?,24-,25+;17?,18?,20?,24-,25+;/m00./s1. The van der Waals surface area contributed by atoms with Gasteiger partial charge in [0, 0.05) is 28.4 Å². The molecule has 6 fully saturated rings. The number of hydrogen-bond donors (Lipinski definition) is 1. The fourth-order valence-electron chi connectivity index (χ4n) is 14.6. The Kier molecular flexibility index (Phi) is 10.1. The van der Waals surface area contributed by atoms with E-state index in [-0.39, 0.29) is 63.9 Å². The van der Waals surface area contributed by atoms with Crippen LogP contribution in [0.3, 0.4) is 0 Å². The van der Waals surface area contributed by atoms with Crippen LogP contribution >= 0.6 is 0 Å². The van der Waals surface area contributed by atoms with E-state index in [1.165, 1.54) is 23.1 Å². The number of carbonyl (C=O) groups is 4. The van der Waals surface area contributed by atoms with Crippen LogP contribution in [-0.4, -0.2) is 41.9 Å². The lowest BCUT2D eigenvalue weighted by Crippen LogP contribution is -2.57. The van der Waals surface area contributed by atoms with E-state index in [1.54, 1.807) is 7.11 Å². The van der Waals surface area contributed by atoms with Crippen molar-refractivity contribution >= 4 is 23.6 Å². The summed E-state index contributed by atoms with van der Waals surface area (Å²) in [5, 5.41) is 0. The van der Waals surface area contributed by atoms with Gasteiger partial charge in [0.2, 0.25) is 5.91 Å². The van der Waals surface area contributed by atoms with Gasteiger partial charge in [-0.1, -0.05) is 33.4 Å². The Labute approximate surface area is 352 Å². The Morgan fingerprint density at radius 1 is 0.661 bits per heavy atom. The van der Waals surface area contributed by atoms with E-state index in [1.807, 2.05) is 52.0 Å². The normalized spacial score (nSPS) is 39.3. The molecule has 8 heteroatoms. The largest absolute Gasteiger partial charge is 0.497 e. The maximum absolute atomic E-state index is 13.1. The van der Waals surface area contributed by atoms with Crippen LogP contribution in [0.5, 0.6) is 5.75 Å². The van der Waals surface area contributed by atoms with E-state index in [0.29, 0.717) is 47.5 Å². The number of ether oxygens (including phenoxy) is 3. The monoisotopic (exact) mass is 808 g/mol. The van der Waals surface area contributed by atoms with Gasteiger partial charge >= 0.3 is 11.9 Å². The molecule has 1 amide bonds. The minimum Gasteiger partial charge on any atom is -0.497 e. The summed E-state index contributed by atoms with van der Waals surface area (Å²) in [5.41, 5.74) is 9.66. The van der Waals surface area contributed by atoms with Crippen LogP contribution in [0, 0.1) is 45.3 Å². The van der Waals surface area contributed by atoms with Crippen molar-refractivity contribution in [1.82, 2.24) is 0 Å². The van der Waals surface area contributed by atoms with E-state index in [4.69, 9.17) is 19.9 Å². The van der Waals surface area contributed by atoms with Gasteiger partial charge in [0.05, 0.1) is 17.9 Å². The molecule has 2 aliphatic heterocycles. The van der Waals surface area contributed by atoms with Gasteiger partial charge in [0.25, 0.3) is 0 Å². The Hall–Kier alpha value is -3.68. The lowest BCUT2D eigenvalue weighted by Gasteiger charge is -2.56. The molecule has 2 saturated heterocycles. The third kappa shape index (κ3) is 6.16. The van der Waals surface area contributed by atoms with Crippen molar-refractivity contribution in [3.63, 3.8) is 0 Å². The SMILES string of the molecule is C.CC1(C)CC[C@@]2(CCC3C4CCc5cc(C(N)=O)ccc5C4CC[C@@]32C)OC1=O.COc1ccc2c(c1)C(=O)CC1C2CC[C@@]2(C)C1CC[C@@]21CCC(C)(C)C(=O)O1. The number of hydrogen-bond acceptors (Lipinski definition) is 7. The van der Waals surface area contributed by atoms with Crippen LogP contribution in [0.4, 0.5) is 0 Å². The van der Waals surface area contributed by atoms with Gasteiger partial charge in [0.15, 0.2) is 5.78 Å². The molecular formula is C51H69NO7. The average molecular weight is 808 g/mol. The Balaban J connectivity index is 0.000000161. The second kappa shape index (κ2) is 14.2. The first-order valence-electron chi connectivity index (χ1n) is 22.5. The molecule has 10 atom stereocenters. The number of rotatable bonds is 2. The lowest BCUT2D eigenvalue weighted by molar-refractivity contribution is -0.206. The van der Waals surface area contributed by atoms with Crippen LogP contribution in [0.25, 0.3) is 0 Å². The molecule has 2 spiro atoms. The van der Waals surface area contributed by atoms with Gasteiger partial charge in [0.1, 0.15) is 17.0 Å². The molecule has 0 radical (unpaired) electrons. The molecule has 10 rings (SSSR count). The summed E-state index contributed by atoms with van der Waals surface area (Å²) in [6, 6.07) is 12.1. The number of amides is 1. The molecule has 2 heterocycles. The van der Waals surface area contributed by atoms with Crippen molar-refractivity contribution in [3.05, 3.63) is 64.2 Å². The summed E-state index contributed by atoms with van der Waals surface area (Å²) >= 11 is 0. The molecule has 6 unspecified atom stereocenters. The number of esters is 2. The predicted octanol–water partition coefficient (Wildman–Crippen LogP) is 10.7. The fourth-order valence-corrected chi connectivity index (χ4v) is 14.6. The molecule has 2 aromatic carbocycles. The molecule has 59 heavy (non-hydrogen) atoms. The van der Waals surface area contributed by atoms with E-state index >= 15 is 0 Å². The molecule has 2 aromatic rings. The fraction of sp³-hybridized carbons (Fsp3) is 0.686. The summed E-state index contributed by atoms with van der Waals surface area (Å²) in [5.74, 6) is 3.66. The molecule has 320 valence electrons. The predicted molar refractivity (Wildman–Crippen MR) is 228 cm³/mol. The summed E-state index contributed by atoms with van der Waals surface area (Å²) in [7, 11) is 1.65. The summed E-state index contributed by atoms with van der Waals surface area (Å²) < 4.78 is 18.0. The Morgan fingerprint density at radius 3 is 1.75 bits per heavy atom. The molecule has 0 bridgehead atoms. The zero-order chi connectivity index (χ0) is 41.2. The van der Waals surface area contributed by atoms with Gasteiger partial charge in [-0.25, -0.2) is 0 Å². The van der Waals surface area contributed by atoms with Crippen molar-refractivity contribution in [2.45, 2.75) is 168 Å². The van der Waals surface area contributed by atoms with Gasteiger partial charge in [-0.3, -0.25) is 19.2 Å². The first kappa shape index (κ1) is 42.0. The van der Waals surface area contributed by atoms with Crippen LogP contribution in [0.15, 0.2) is 36.4 Å². The number of fused-ring (bicyclic) bond motifs is 12. The maximum Gasteiger partial charge on any atom is 0.312 e. The molecule has 8 aliphatic rings. The second-order valence-electron chi connectivity index (χ2n) is 21.7. The number of ketones is 1. The zero-order valence-electron chi connectivity index (χ0n) is 36.0. The van der Waals surface area contributed by atoms with E-state index in [9.17, 15) is 19.2 Å². The molecular weight excluding hydrogens is 739 g/mol. The van der Waals surface area contributed by atoms with Crippen molar-refractivity contribution in [1.29, 1.82) is 0 Å². The number of nitrogens with two attached hydrogens (primary N) is 1. The first-order valence-corrected chi connectivity index (χ1v) is 22.5. The third-order valence-corrected chi connectivity index (χ3v) is 18.4. The van der Waals surface area contributed by atoms with E-state index in [0.717, 1.165) is 94.8 Å². The van der Waals surface area contributed by atoms with Crippen molar-refractivity contribution in [2.24, 2.45) is 51.1 Å². The number of carbonyl (C=O) groups excluding carboxylic acids is 4. The van der Waals surface area contributed by atoms with Crippen molar-refractivity contribution in [2.75, 3.05) is 7.11 Å². The van der Waals surface area contributed by atoms with Crippen LogP contribution in [0.2, 0.25) is 0 Å². The quantitative estimate of drug-likeness (QED) is 0.300. The van der Waals surface area contributed by atoms with E-state index < -0.39 is 0 Å². The number of primary amides is 1. The topological polar surface area (TPSA) is 122 Å². The van der Waals surface area contributed by atoms with Crippen molar-refractivity contribution in [3.8, 4) is 5.75 Å². The highest BCUT2D eigenvalue weighted by molar-refractivity contribution is 5.99. The minimum absolute atomic E-state index is 0. The average Bonchev–Trinajstić information content (AvgIpc) is 3.65. The molecule has 8 nitrogen and oxygen atoms in total. The Bertz CT molecular complexity index is 2070. The molecule has 2 N–H and O–H groups in total. The van der Waals surface area contributed by atoms with Crippen LogP contribution in [0.1, 0.15) is 188 Å². The summed E-state index contributed by atoms with van der Waals surface area (Å²) in [4.78, 5) is 50.2. The first-order chi connectivity index (χ1) is 27.4. The highest BCUT2D eigenvalue weighted by Crippen LogP contribution is 2.69. The maximum atomic E-state index is 13.1. The third-order valence-electron chi connectivity index (χ3n) is 18.4. The summed E-state index contributed by atoms with van der Waals surface area (Å²) in [6.07, 6.45) is 15.2. The second-order valence-corrected chi connectivity index (χ2v) is 21.7. The number of Topliss-reactive ketones (excluding diaryl/α,β-unsaturated/α-hetero) is 1. The van der Waals surface area contributed by atoms with Gasteiger partial charge in [-0.05, 0) is 194 Å². The minimum atomic E-state index is -0.379. The van der Waals surface area contributed by atoms with E-state index in [2.05, 4.69) is 26.0 Å². The van der Waals surface area contributed by atoms with Gasteiger partial charge in [-0.2, -0.15) is 0 Å². The molecule has 0 aromatic heterocycles. The lowest BCUT2D eigenvalue weighted by atomic mass is 9.52. The number of methoxy groups -OCH3 is 1. The summed E-state index contributed by atoms with van der Waals surface area (Å²) in [6.45, 7) is 12.8. The highest BCUT2D eigenvalue weighted by Gasteiger charge is 2.67. The Morgan fingerprint density at radius 2 is 1.20 bits per heavy atom.